The molecule has 0 spiro atoms. The summed E-state index contributed by atoms with van der Waals surface area (Å²) in [4.78, 5) is 36.8. The largest absolute Gasteiger partial charge is 0.467 e. The second-order valence-corrected chi connectivity index (χ2v) is 5.39. The molecule has 1 N–H and O–H groups in total. The van der Waals surface area contributed by atoms with Crippen molar-refractivity contribution >= 4 is 23.5 Å². The molecule has 1 aromatic heterocycles. The molecule has 2 aromatic rings. The van der Waals surface area contributed by atoms with Gasteiger partial charge in [0.15, 0.2) is 0 Å². The maximum absolute atomic E-state index is 12.1. The fourth-order valence-corrected chi connectivity index (χ4v) is 2.24. The first-order valence-corrected chi connectivity index (χ1v) is 7.75. The number of rotatable bonds is 7. The molecular weight excluding hydrogens is 324 g/mol. The molecule has 1 heterocycles. The Bertz CT molecular complexity index is 740. The van der Waals surface area contributed by atoms with Crippen LogP contribution in [0.1, 0.15) is 29.5 Å². The van der Waals surface area contributed by atoms with Crippen molar-refractivity contribution in [2.24, 2.45) is 0 Å². The summed E-state index contributed by atoms with van der Waals surface area (Å²) in [5.74, 6) is -0.219. The smallest absolute Gasteiger partial charge is 0.337 e. The van der Waals surface area contributed by atoms with Crippen LogP contribution in [0.15, 0.2) is 47.1 Å². The summed E-state index contributed by atoms with van der Waals surface area (Å²) >= 11 is 0. The van der Waals surface area contributed by atoms with Crippen LogP contribution in [0.2, 0.25) is 0 Å². The third-order valence-corrected chi connectivity index (χ3v) is 3.55. The Kier molecular flexibility index (Phi) is 6.33. The van der Waals surface area contributed by atoms with Crippen molar-refractivity contribution in [1.82, 2.24) is 4.90 Å². The first kappa shape index (κ1) is 18.3. The van der Waals surface area contributed by atoms with Crippen LogP contribution in [0.25, 0.3) is 0 Å². The summed E-state index contributed by atoms with van der Waals surface area (Å²) in [6.45, 7) is 2.02. The van der Waals surface area contributed by atoms with Gasteiger partial charge >= 0.3 is 5.97 Å². The zero-order valence-electron chi connectivity index (χ0n) is 14.2. The van der Waals surface area contributed by atoms with Gasteiger partial charge in [-0.05, 0) is 30.3 Å². The molecule has 0 saturated heterocycles. The highest BCUT2D eigenvalue weighted by Crippen LogP contribution is 2.12. The molecule has 0 fully saturated rings. The predicted octanol–water partition coefficient (Wildman–Crippen LogP) is 2.44. The standard InChI is InChI=1S/C18H20N2O5/c1-13(21)20(12-16-7-4-10-25-16)9-8-17(22)19-15-6-3-5-14(11-15)18(23)24-2/h3-7,10-11H,8-9,12H2,1-2H3,(H,19,22). The van der Waals surface area contributed by atoms with Crippen molar-refractivity contribution in [1.29, 1.82) is 0 Å². The van der Waals surface area contributed by atoms with E-state index in [0.29, 0.717) is 23.6 Å². The summed E-state index contributed by atoms with van der Waals surface area (Å²) in [6, 6.07) is 9.98. The first-order chi connectivity index (χ1) is 12.0. The second-order valence-electron chi connectivity index (χ2n) is 5.39. The molecule has 0 bridgehead atoms. The van der Waals surface area contributed by atoms with E-state index in [-0.39, 0.29) is 24.8 Å². The Balaban J connectivity index is 1.90. The summed E-state index contributed by atoms with van der Waals surface area (Å²) in [6.07, 6.45) is 1.66. The van der Waals surface area contributed by atoms with Crippen LogP contribution >= 0.6 is 0 Å². The number of carbonyl (C=O) groups excluding carboxylic acids is 3. The fraction of sp³-hybridized carbons (Fsp3) is 0.278. The Morgan fingerprint density at radius 2 is 2.00 bits per heavy atom. The zero-order valence-corrected chi connectivity index (χ0v) is 14.2. The lowest BCUT2D eigenvalue weighted by Gasteiger charge is -2.19. The van der Waals surface area contributed by atoms with Gasteiger partial charge in [-0.1, -0.05) is 6.07 Å². The molecule has 7 heteroatoms. The van der Waals surface area contributed by atoms with Gasteiger partial charge in [0.1, 0.15) is 5.76 Å². The Labute approximate surface area is 145 Å². The maximum atomic E-state index is 12.1. The summed E-state index contributed by atoms with van der Waals surface area (Å²) < 4.78 is 9.87. The van der Waals surface area contributed by atoms with Crippen molar-refractivity contribution in [3.05, 3.63) is 54.0 Å². The number of amides is 2. The Morgan fingerprint density at radius 1 is 1.20 bits per heavy atom. The minimum atomic E-state index is -0.475. The fourth-order valence-electron chi connectivity index (χ4n) is 2.24. The van der Waals surface area contributed by atoms with Gasteiger partial charge in [-0.3, -0.25) is 9.59 Å². The number of hydrogen-bond donors (Lipinski definition) is 1. The Morgan fingerprint density at radius 3 is 2.64 bits per heavy atom. The molecule has 2 amide bonds. The number of nitrogens with one attached hydrogen (secondary N) is 1. The van der Waals surface area contributed by atoms with E-state index in [1.165, 1.54) is 31.3 Å². The van der Waals surface area contributed by atoms with E-state index >= 15 is 0 Å². The van der Waals surface area contributed by atoms with Gasteiger partial charge in [0.25, 0.3) is 0 Å². The van der Waals surface area contributed by atoms with Gasteiger partial charge in [0.05, 0.1) is 25.5 Å². The van der Waals surface area contributed by atoms with Crippen LogP contribution in [-0.4, -0.2) is 36.3 Å². The van der Waals surface area contributed by atoms with Crippen LogP contribution in [0.4, 0.5) is 5.69 Å². The minimum Gasteiger partial charge on any atom is -0.467 e. The lowest BCUT2D eigenvalue weighted by Crippen LogP contribution is -2.31. The van der Waals surface area contributed by atoms with E-state index in [1.807, 2.05) is 0 Å². The minimum absolute atomic E-state index is 0.128. The lowest BCUT2D eigenvalue weighted by molar-refractivity contribution is -0.130. The van der Waals surface area contributed by atoms with E-state index in [1.54, 1.807) is 30.3 Å². The highest BCUT2D eigenvalue weighted by molar-refractivity contribution is 5.94. The van der Waals surface area contributed by atoms with E-state index in [9.17, 15) is 14.4 Å². The normalized spacial score (nSPS) is 10.2. The topological polar surface area (TPSA) is 88.8 Å². The Hall–Kier alpha value is -3.09. The lowest BCUT2D eigenvalue weighted by atomic mass is 10.2. The number of furan rings is 1. The molecule has 0 atom stereocenters. The van der Waals surface area contributed by atoms with Gasteiger partial charge in [-0.25, -0.2) is 4.79 Å². The highest BCUT2D eigenvalue weighted by Gasteiger charge is 2.14. The number of carbonyl (C=O) groups is 3. The summed E-state index contributed by atoms with van der Waals surface area (Å²) in [7, 11) is 1.29. The molecule has 0 radical (unpaired) electrons. The molecule has 0 aliphatic heterocycles. The predicted molar refractivity (Wildman–Crippen MR) is 90.8 cm³/mol. The van der Waals surface area contributed by atoms with E-state index in [2.05, 4.69) is 10.1 Å². The summed E-state index contributed by atoms with van der Waals surface area (Å²) in [5.41, 5.74) is 0.844. The van der Waals surface area contributed by atoms with Gasteiger partial charge in [0, 0.05) is 25.6 Å². The third-order valence-electron chi connectivity index (χ3n) is 3.55. The maximum Gasteiger partial charge on any atom is 0.337 e. The molecule has 25 heavy (non-hydrogen) atoms. The van der Waals surface area contributed by atoms with Crippen molar-refractivity contribution in [3.8, 4) is 0 Å². The first-order valence-electron chi connectivity index (χ1n) is 7.75. The third kappa shape index (κ3) is 5.49. The molecule has 0 aliphatic rings. The molecule has 0 unspecified atom stereocenters. The number of nitrogens with zero attached hydrogens (tertiary/aromatic N) is 1. The number of esters is 1. The second kappa shape index (κ2) is 8.68. The van der Waals surface area contributed by atoms with Crippen molar-refractivity contribution < 1.29 is 23.5 Å². The van der Waals surface area contributed by atoms with Gasteiger partial charge in [0.2, 0.25) is 11.8 Å². The van der Waals surface area contributed by atoms with Crippen molar-refractivity contribution in [3.63, 3.8) is 0 Å². The molecule has 2 rings (SSSR count). The zero-order chi connectivity index (χ0) is 18.2. The van der Waals surface area contributed by atoms with Crippen molar-refractivity contribution in [2.75, 3.05) is 19.0 Å². The summed E-state index contributed by atoms with van der Waals surface area (Å²) in [5, 5.41) is 2.71. The van der Waals surface area contributed by atoms with E-state index in [4.69, 9.17) is 4.42 Å². The molecule has 132 valence electrons. The monoisotopic (exact) mass is 344 g/mol. The quantitative estimate of drug-likeness (QED) is 0.779. The van der Waals surface area contributed by atoms with Gasteiger partial charge in [-0.15, -0.1) is 0 Å². The number of methoxy groups -OCH3 is 1. The highest BCUT2D eigenvalue weighted by atomic mass is 16.5. The van der Waals surface area contributed by atoms with E-state index in [0.717, 1.165) is 0 Å². The average Bonchev–Trinajstić information content (AvgIpc) is 3.11. The van der Waals surface area contributed by atoms with Crippen LogP contribution in [0.3, 0.4) is 0 Å². The van der Waals surface area contributed by atoms with E-state index < -0.39 is 5.97 Å². The van der Waals surface area contributed by atoms with Crippen LogP contribution in [0.5, 0.6) is 0 Å². The average molecular weight is 344 g/mol. The molecule has 7 nitrogen and oxygen atoms in total. The molecule has 0 saturated carbocycles. The van der Waals surface area contributed by atoms with Crippen LogP contribution in [0, 0.1) is 0 Å². The number of benzene rings is 1. The number of hydrogen-bond acceptors (Lipinski definition) is 5. The SMILES string of the molecule is COC(=O)c1cccc(NC(=O)CCN(Cc2ccco2)C(C)=O)c1. The molecular formula is C18H20N2O5. The number of anilines is 1. The molecule has 1 aromatic carbocycles. The molecule has 0 aliphatic carbocycles. The number of ether oxygens (including phenoxy) is 1. The van der Waals surface area contributed by atoms with Crippen LogP contribution in [-0.2, 0) is 20.9 Å². The van der Waals surface area contributed by atoms with Crippen LogP contribution < -0.4 is 5.32 Å². The van der Waals surface area contributed by atoms with Gasteiger partial charge < -0.3 is 19.4 Å². The van der Waals surface area contributed by atoms with Crippen molar-refractivity contribution in [2.45, 2.75) is 19.9 Å². The van der Waals surface area contributed by atoms with Gasteiger partial charge in [-0.2, -0.15) is 0 Å².